The first kappa shape index (κ1) is 14.1. The third-order valence-corrected chi connectivity index (χ3v) is 2.31. The Labute approximate surface area is 108 Å². The summed E-state index contributed by atoms with van der Waals surface area (Å²) in [7, 11) is 1.33. The maximum absolute atomic E-state index is 11.4. The van der Waals surface area contributed by atoms with E-state index in [4.69, 9.17) is 16.7 Å². The van der Waals surface area contributed by atoms with E-state index in [2.05, 4.69) is 10.1 Å². The molecule has 0 saturated heterocycles. The number of amides is 1. The molecular formula is C11H10ClNO5. The van der Waals surface area contributed by atoms with Crippen LogP contribution in [0.4, 0.5) is 5.69 Å². The molecule has 0 aliphatic carbocycles. The van der Waals surface area contributed by atoms with Gasteiger partial charge in [-0.25, -0.2) is 4.79 Å². The van der Waals surface area contributed by atoms with Gasteiger partial charge >= 0.3 is 5.97 Å². The average molecular weight is 272 g/mol. The summed E-state index contributed by atoms with van der Waals surface area (Å²) in [6.45, 7) is -0.230. The number of aliphatic carboxylic acids is 1. The molecular weight excluding hydrogens is 262 g/mol. The number of ketones is 1. The summed E-state index contributed by atoms with van der Waals surface area (Å²) in [4.78, 5) is 33.4. The third kappa shape index (κ3) is 3.28. The van der Waals surface area contributed by atoms with Crippen molar-refractivity contribution >= 4 is 34.9 Å². The molecule has 0 unspecified atom stereocenters. The van der Waals surface area contributed by atoms with Crippen molar-refractivity contribution in [3.8, 4) is 0 Å². The lowest BCUT2D eigenvalue weighted by Gasteiger charge is -2.10. The summed E-state index contributed by atoms with van der Waals surface area (Å²) in [5, 5.41) is 11.1. The molecule has 0 aliphatic rings. The van der Waals surface area contributed by atoms with Crippen molar-refractivity contribution in [3.05, 3.63) is 28.8 Å². The van der Waals surface area contributed by atoms with Gasteiger partial charge in [-0.05, 0) is 12.1 Å². The van der Waals surface area contributed by atoms with Crippen LogP contribution >= 0.6 is 11.6 Å². The number of carboxylic acid groups (broad SMARTS) is 1. The molecule has 2 N–H and O–H groups in total. The van der Waals surface area contributed by atoms with E-state index in [1.165, 1.54) is 25.3 Å². The number of benzene rings is 1. The SMILES string of the molecule is COCC(=O)Nc1c(Cl)cccc1C(=O)C(=O)O. The first-order valence-corrected chi connectivity index (χ1v) is 5.20. The van der Waals surface area contributed by atoms with Crippen molar-refractivity contribution in [1.82, 2.24) is 0 Å². The molecule has 18 heavy (non-hydrogen) atoms. The monoisotopic (exact) mass is 271 g/mol. The minimum atomic E-state index is -1.63. The van der Waals surface area contributed by atoms with Gasteiger partial charge in [0.2, 0.25) is 5.91 Å². The summed E-state index contributed by atoms with van der Waals surface area (Å²) in [6.07, 6.45) is 0. The van der Waals surface area contributed by atoms with E-state index in [1.807, 2.05) is 0 Å². The van der Waals surface area contributed by atoms with E-state index in [1.54, 1.807) is 0 Å². The topological polar surface area (TPSA) is 92.7 Å². The normalized spacial score (nSPS) is 9.89. The van der Waals surface area contributed by atoms with Crippen molar-refractivity contribution in [3.63, 3.8) is 0 Å². The van der Waals surface area contributed by atoms with E-state index < -0.39 is 17.7 Å². The van der Waals surface area contributed by atoms with Gasteiger partial charge in [0, 0.05) is 7.11 Å². The van der Waals surface area contributed by atoms with Crippen LogP contribution in [0.1, 0.15) is 10.4 Å². The largest absolute Gasteiger partial charge is 0.475 e. The lowest BCUT2D eigenvalue weighted by atomic mass is 10.1. The van der Waals surface area contributed by atoms with Gasteiger partial charge in [-0.2, -0.15) is 0 Å². The lowest BCUT2D eigenvalue weighted by Crippen LogP contribution is -2.21. The Hall–Kier alpha value is -1.92. The Balaban J connectivity index is 3.12. The molecule has 0 radical (unpaired) electrons. The number of hydrogen-bond donors (Lipinski definition) is 2. The van der Waals surface area contributed by atoms with Crippen LogP contribution in [0.2, 0.25) is 5.02 Å². The zero-order chi connectivity index (χ0) is 13.7. The first-order chi connectivity index (χ1) is 8.47. The summed E-state index contributed by atoms with van der Waals surface area (Å²) in [5.41, 5.74) is -0.215. The molecule has 0 aliphatic heterocycles. The molecule has 6 nitrogen and oxygen atoms in total. The molecule has 0 fully saturated rings. The molecule has 1 aromatic rings. The molecule has 1 amide bonds. The highest BCUT2D eigenvalue weighted by atomic mass is 35.5. The third-order valence-electron chi connectivity index (χ3n) is 1.99. The maximum atomic E-state index is 11.4. The van der Waals surface area contributed by atoms with Crippen molar-refractivity contribution in [1.29, 1.82) is 0 Å². The van der Waals surface area contributed by atoms with E-state index in [0.717, 1.165) is 0 Å². The molecule has 0 aromatic heterocycles. The van der Waals surface area contributed by atoms with Gasteiger partial charge in [-0.1, -0.05) is 17.7 Å². The van der Waals surface area contributed by atoms with E-state index in [-0.39, 0.29) is 22.9 Å². The first-order valence-electron chi connectivity index (χ1n) is 4.82. The Bertz CT molecular complexity index is 500. The highest BCUT2D eigenvalue weighted by Crippen LogP contribution is 2.26. The second-order valence-electron chi connectivity index (χ2n) is 3.28. The fraction of sp³-hybridized carbons (Fsp3) is 0.182. The molecule has 0 atom stereocenters. The highest BCUT2D eigenvalue weighted by Gasteiger charge is 2.21. The van der Waals surface area contributed by atoms with Crippen molar-refractivity contribution in [2.24, 2.45) is 0 Å². The van der Waals surface area contributed by atoms with Crippen molar-refractivity contribution in [2.75, 3.05) is 19.0 Å². The van der Waals surface area contributed by atoms with Gasteiger partial charge in [0.15, 0.2) is 0 Å². The minimum absolute atomic E-state index is 0.0337. The molecule has 7 heteroatoms. The number of anilines is 1. The number of rotatable bonds is 5. The van der Waals surface area contributed by atoms with Crippen LogP contribution in [0.3, 0.4) is 0 Å². The number of ether oxygens (including phenoxy) is 1. The minimum Gasteiger partial charge on any atom is -0.475 e. The van der Waals surface area contributed by atoms with Crippen LogP contribution in [0.25, 0.3) is 0 Å². The second-order valence-corrected chi connectivity index (χ2v) is 3.69. The second kappa shape index (κ2) is 6.13. The van der Waals surface area contributed by atoms with Crippen LogP contribution in [0, 0.1) is 0 Å². The number of carbonyl (C=O) groups is 3. The molecule has 1 aromatic carbocycles. The smallest absolute Gasteiger partial charge is 0.377 e. The zero-order valence-electron chi connectivity index (χ0n) is 9.40. The van der Waals surface area contributed by atoms with E-state index in [0.29, 0.717) is 0 Å². The van der Waals surface area contributed by atoms with Crippen LogP contribution in [0.15, 0.2) is 18.2 Å². The number of nitrogens with one attached hydrogen (secondary N) is 1. The van der Waals surface area contributed by atoms with Crippen LogP contribution in [0.5, 0.6) is 0 Å². The fourth-order valence-corrected chi connectivity index (χ4v) is 1.48. The molecule has 0 bridgehead atoms. The summed E-state index contributed by atoms with van der Waals surface area (Å²) in [6, 6.07) is 4.12. The number of methoxy groups -OCH3 is 1. The Kier molecular flexibility index (Phi) is 4.82. The number of halogens is 1. The summed E-state index contributed by atoms with van der Waals surface area (Å²) >= 11 is 5.82. The van der Waals surface area contributed by atoms with Gasteiger partial charge in [-0.3, -0.25) is 9.59 Å². The van der Waals surface area contributed by atoms with E-state index >= 15 is 0 Å². The van der Waals surface area contributed by atoms with Crippen LogP contribution in [-0.4, -0.2) is 36.5 Å². The quantitative estimate of drug-likeness (QED) is 0.620. The number of carbonyl (C=O) groups excluding carboxylic acids is 2. The zero-order valence-corrected chi connectivity index (χ0v) is 10.2. The number of hydrogen-bond acceptors (Lipinski definition) is 4. The van der Waals surface area contributed by atoms with E-state index in [9.17, 15) is 14.4 Å². The summed E-state index contributed by atoms with van der Waals surface area (Å²) in [5.74, 6) is -3.31. The summed E-state index contributed by atoms with van der Waals surface area (Å²) < 4.78 is 4.61. The molecule has 96 valence electrons. The fourth-order valence-electron chi connectivity index (χ4n) is 1.26. The van der Waals surface area contributed by atoms with Gasteiger partial charge < -0.3 is 15.2 Å². The van der Waals surface area contributed by atoms with Crippen molar-refractivity contribution < 1.29 is 24.2 Å². The molecule has 0 heterocycles. The van der Waals surface area contributed by atoms with Crippen LogP contribution in [-0.2, 0) is 14.3 Å². The van der Waals surface area contributed by atoms with Gasteiger partial charge in [0.05, 0.1) is 16.3 Å². The van der Waals surface area contributed by atoms with Gasteiger partial charge in [-0.15, -0.1) is 0 Å². The number of Topliss-reactive ketones (excluding diaryl/α,β-unsaturated/α-hetero) is 1. The Morgan fingerprint density at radius 3 is 2.61 bits per heavy atom. The van der Waals surface area contributed by atoms with Gasteiger partial charge in [0.25, 0.3) is 5.78 Å². The Morgan fingerprint density at radius 2 is 2.06 bits per heavy atom. The lowest BCUT2D eigenvalue weighted by molar-refractivity contribution is -0.131. The predicted octanol–water partition coefficient (Wildman–Crippen LogP) is 1.19. The molecule has 0 spiro atoms. The molecule has 1 rings (SSSR count). The number of para-hydroxylation sites is 1. The number of carboxylic acids is 1. The highest BCUT2D eigenvalue weighted by molar-refractivity contribution is 6.43. The predicted molar refractivity (Wildman–Crippen MR) is 63.9 cm³/mol. The Morgan fingerprint density at radius 1 is 1.39 bits per heavy atom. The van der Waals surface area contributed by atoms with Crippen molar-refractivity contribution in [2.45, 2.75) is 0 Å². The van der Waals surface area contributed by atoms with Gasteiger partial charge in [0.1, 0.15) is 6.61 Å². The standard InChI is InChI=1S/C11H10ClNO5/c1-18-5-8(14)13-9-6(10(15)11(16)17)3-2-4-7(9)12/h2-4H,5H2,1H3,(H,13,14)(H,16,17). The molecule has 0 saturated carbocycles. The maximum Gasteiger partial charge on any atom is 0.377 e. The van der Waals surface area contributed by atoms with Crippen LogP contribution < -0.4 is 5.32 Å². The average Bonchev–Trinajstić information content (AvgIpc) is 2.31.